The van der Waals surface area contributed by atoms with E-state index in [1.807, 2.05) is 36.6 Å². The highest BCUT2D eigenvalue weighted by Crippen LogP contribution is 2.19. The van der Waals surface area contributed by atoms with Crippen molar-refractivity contribution in [2.24, 2.45) is 0 Å². The normalized spacial score (nSPS) is 10.6. The summed E-state index contributed by atoms with van der Waals surface area (Å²) >= 11 is 0. The number of pyridine rings is 1. The Labute approximate surface area is 110 Å². The van der Waals surface area contributed by atoms with Crippen molar-refractivity contribution < 1.29 is 4.57 Å². The fourth-order valence-corrected chi connectivity index (χ4v) is 2.26. The van der Waals surface area contributed by atoms with Gasteiger partial charge in [0.2, 0.25) is 0 Å². The fraction of sp³-hybridized carbons (Fsp3) is 0.143. The highest BCUT2D eigenvalue weighted by atomic mass is 15.5. The molecule has 1 N–H and O–H groups in total. The summed E-state index contributed by atoms with van der Waals surface area (Å²) in [6.45, 7) is 4.08. The number of nitrogens with zero attached hydrogens (tertiary/aromatic N) is 4. The van der Waals surface area contributed by atoms with E-state index in [-0.39, 0.29) is 0 Å². The minimum atomic E-state index is 0.564. The lowest BCUT2D eigenvalue weighted by molar-refractivity contribution is -0.617. The van der Waals surface area contributed by atoms with Gasteiger partial charge in [-0.25, -0.2) is 0 Å². The zero-order valence-corrected chi connectivity index (χ0v) is 10.8. The Bertz CT molecular complexity index is 666. The molecule has 1 aromatic carbocycles. The van der Waals surface area contributed by atoms with Gasteiger partial charge in [0.1, 0.15) is 0 Å². The van der Waals surface area contributed by atoms with Crippen molar-refractivity contribution in [3.05, 3.63) is 53.9 Å². The molecular formula is C14H14N5+. The average Bonchev–Trinajstić information content (AvgIpc) is 2.93. The average molecular weight is 252 g/mol. The number of aromatic amines is 1. The first-order chi connectivity index (χ1) is 9.25. The number of H-pyrrole nitrogens is 1. The molecule has 0 bridgehead atoms. The lowest BCUT2D eigenvalue weighted by Crippen LogP contribution is -2.39. The summed E-state index contributed by atoms with van der Waals surface area (Å²) in [5.74, 6) is 0.564. The molecule has 0 radical (unpaired) electrons. The van der Waals surface area contributed by atoms with Crippen molar-refractivity contribution in [3.63, 3.8) is 0 Å². The maximum Gasteiger partial charge on any atom is 0.483 e. The van der Waals surface area contributed by atoms with Gasteiger partial charge in [-0.2, -0.15) is 4.57 Å². The standard InChI is InChI=1S/C14H14N5/c1-10-8-13(12-6-4-3-5-7-12)9-11(2)19(10)14-15-17-18-16-14/h3-9H,1-2H3,(H,15,16,17,18)/q+1. The molecule has 19 heavy (non-hydrogen) atoms. The lowest BCUT2D eigenvalue weighted by Gasteiger charge is -2.08. The minimum Gasteiger partial charge on any atom is -0.198 e. The molecule has 0 aliphatic heterocycles. The zero-order valence-electron chi connectivity index (χ0n) is 10.8. The van der Waals surface area contributed by atoms with Gasteiger partial charge >= 0.3 is 5.95 Å². The predicted molar refractivity (Wildman–Crippen MR) is 70.6 cm³/mol. The largest absolute Gasteiger partial charge is 0.483 e. The number of aryl methyl sites for hydroxylation is 2. The van der Waals surface area contributed by atoms with Crippen molar-refractivity contribution in [1.29, 1.82) is 0 Å². The van der Waals surface area contributed by atoms with Crippen LogP contribution in [0.5, 0.6) is 0 Å². The Morgan fingerprint density at radius 3 is 2.21 bits per heavy atom. The van der Waals surface area contributed by atoms with E-state index in [2.05, 4.69) is 44.9 Å². The minimum absolute atomic E-state index is 0.564. The second-order valence-corrected chi connectivity index (χ2v) is 4.44. The highest BCUT2D eigenvalue weighted by molar-refractivity contribution is 5.63. The van der Waals surface area contributed by atoms with Crippen LogP contribution < -0.4 is 4.57 Å². The fourth-order valence-electron chi connectivity index (χ4n) is 2.26. The molecule has 0 unspecified atom stereocenters. The third kappa shape index (κ3) is 2.10. The van der Waals surface area contributed by atoms with Gasteiger partial charge in [-0.3, -0.25) is 0 Å². The Morgan fingerprint density at radius 1 is 0.947 bits per heavy atom. The summed E-state index contributed by atoms with van der Waals surface area (Å²) in [6.07, 6.45) is 0. The SMILES string of the molecule is Cc1cc(-c2ccccc2)cc(C)[n+]1-c1nn[nH]n1. The Hall–Kier alpha value is -2.56. The van der Waals surface area contributed by atoms with E-state index in [0.29, 0.717) is 5.95 Å². The highest BCUT2D eigenvalue weighted by Gasteiger charge is 2.18. The summed E-state index contributed by atoms with van der Waals surface area (Å²) < 4.78 is 1.97. The van der Waals surface area contributed by atoms with Crippen LogP contribution in [0.25, 0.3) is 17.1 Å². The zero-order chi connectivity index (χ0) is 13.2. The van der Waals surface area contributed by atoms with Crippen LogP contribution in [0.2, 0.25) is 0 Å². The van der Waals surface area contributed by atoms with Gasteiger partial charge in [-0.05, 0) is 37.1 Å². The third-order valence-electron chi connectivity index (χ3n) is 3.08. The molecule has 0 amide bonds. The summed E-state index contributed by atoms with van der Waals surface area (Å²) in [5.41, 5.74) is 4.53. The van der Waals surface area contributed by atoms with Gasteiger partial charge in [0, 0.05) is 10.3 Å². The summed E-state index contributed by atoms with van der Waals surface area (Å²) in [4.78, 5) is 0. The number of aromatic nitrogens is 5. The number of tetrazole rings is 1. The van der Waals surface area contributed by atoms with E-state index in [4.69, 9.17) is 0 Å². The van der Waals surface area contributed by atoms with Crippen LogP contribution in [0, 0.1) is 13.8 Å². The predicted octanol–water partition coefficient (Wildman–Crippen LogP) is 1.76. The van der Waals surface area contributed by atoms with Gasteiger partial charge in [0.25, 0.3) is 0 Å². The maximum absolute atomic E-state index is 4.03. The third-order valence-corrected chi connectivity index (χ3v) is 3.08. The van der Waals surface area contributed by atoms with E-state index in [9.17, 15) is 0 Å². The number of nitrogens with one attached hydrogen (secondary N) is 1. The van der Waals surface area contributed by atoms with Gasteiger partial charge in [-0.1, -0.05) is 35.5 Å². The smallest absolute Gasteiger partial charge is 0.198 e. The monoisotopic (exact) mass is 252 g/mol. The molecule has 2 aromatic heterocycles. The van der Waals surface area contributed by atoms with Crippen LogP contribution in [0.4, 0.5) is 0 Å². The van der Waals surface area contributed by atoms with Crippen LogP contribution in [0.1, 0.15) is 11.4 Å². The first-order valence-corrected chi connectivity index (χ1v) is 6.08. The first-order valence-electron chi connectivity index (χ1n) is 6.08. The molecule has 5 heteroatoms. The van der Waals surface area contributed by atoms with E-state index in [0.717, 1.165) is 11.4 Å². The molecule has 0 fully saturated rings. The Balaban J connectivity index is 2.13. The molecule has 3 aromatic rings. The van der Waals surface area contributed by atoms with Gasteiger partial charge in [-0.15, -0.1) is 0 Å². The summed E-state index contributed by atoms with van der Waals surface area (Å²) in [5, 5.41) is 14.1. The first kappa shape index (κ1) is 11.5. The van der Waals surface area contributed by atoms with Crippen LogP contribution in [0.3, 0.4) is 0 Å². The maximum atomic E-state index is 4.03. The molecule has 0 aliphatic rings. The van der Waals surface area contributed by atoms with Gasteiger partial charge in [0.05, 0.1) is 16.5 Å². The molecule has 94 valence electrons. The van der Waals surface area contributed by atoms with Crippen LogP contribution in [-0.2, 0) is 0 Å². The second-order valence-electron chi connectivity index (χ2n) is 4.44. The van der Waals surface area contributed by atoms with E-state index >= 15 is 0 Å². The van der Waals surface area contributed by atoms with Gasteiger partial charge in [0.15, 0.2) is 0 Å². The topological polar surface area (TPSA) is 58.3 Å². The Kier molecular flexibility index (Phi) is 2.79. The summed E-state index contributed by atoms with van der Waals surface area (Å²) in [6, 6.07) is 14.6. The molecule has 0 atom stereocenters. The quantitative estimate of drug-likeness (QED) is 0.707. The van der Waals surface area contributed by atoms with Crippen molar-refractivity contribution in [3.8, 4) is 17.1 Å². The number of benzene rings is 1. The molecule has 0 saturated carbocycles. The second kappa shape index (κ2) is 4.61. The molecular weight excluding hydrogens is 238 g/mol. The molecule has 0 spiro atoms. The molecule has 5 nitrogen and oxygen atoms in total. The van der Waals surface area contributed by atoms with Crippen molar-refractivity contribution in [2.75, 3.05) is 0 Å². The molecule has 3 rings (SSSR count). The van der Waals surface area contributed by atoms with E-state index < -0.39 is 0 Å². The van der Waals surface area contributed by atoms with Crippen molar-refractivity contribution in [2.45, 2.75) is 13.8 Å². The van der Waals surface area contributed by atoms with Crippen molar-refractivity contribution >= 4 is 0 Å². The van der Waals surface area contributed by atoms with Gasteiger partial charge < -0.3 is 0 Å². The Morgan fingerprint density at radius 2 is 1.63 bits per heavy atom. The van der Waals surface area contributed by atoms with Crippen molar-refractivity contribution in [1.82, 2.24) is 20.6 Å². The molecule has 0 saturated heterocycles. The molecule has 0 aliphatic carbocycles. The number of hydrogen-bond acceptors (Lipinski definition) is 3. The molecule has 2 heterocycles. The van der Waals surface area contributed by atoms with E-state index in [1.165, 1.54) is 11.1 Å². The van der Waals surface area contributed by atoms with Crippen LogP contribution >= 0.6 is 0 Å². The summed E-state index contributed by atoms with van der Waals surface area (Å²) in [7, 11) is 0. The number of rotatable bonds is 2. The van der Waals surface area contributed by atoms with Crippen LogP contribution in [0.15, 0.2) is 42.5 Å². The number of hydrogen-bond donors (Lipinski definition) is 1. The van der Waals surface area contributed by atoms with E-state index in [1.54, 1.807) is 0 Å². The lowest BCUT2D eigenvalue weighted by atomic mass is 10.0. The van der Waals surface area contributed by atoms with Crippen LogP contribution in [-0.4, -0.2) is 20.6 Å².